The molecule has 2 atom stereocenters. The normalized spacial score (nSPS) is 12.5. The number of carbonyl (C=O) groups excluding carboxylic acids is 2. The molecule has 0 aromatic heterocycles. The summed E-state index contributed by atoms with van der Waals surface area (Å²) in [5.74, 6) is -15.7. The van der Waals surface area contributed by atoms with Crippen LogP contribution in [0, 0.1) is 45.9 Å². The summed E-state index contributed by atoms with van der Waals surface area (Å²) in [6.45, 7) is 2.20. The molecule has 0 spiro atoms. The average Bonchev–Trinajstić information content (AvgIpc) is 2.60. The van der Waals surface area contributed by atoms with Gasteiger partial charge in [-0.15, -0.1) is 0 Å². The second kappa shape index (κ2) is 8.81. The molecule has 26 heavy (non-hydrogen) atoms. The molecule has 0 amide bonds. The van der Waals surface area contributed by atoms with Gasteiger partial charge < -0.3 is 9.47 Å². The van der Waals surface area contributed by atoms with E-state index in [9.17, 15) is 27.2 Å². The molecule has 6 nitrogen and oxygen atoms in total. The van der Waals surface area contributed by atoms with Crippen LogP contribution in [0.1, 0.15) is 36.8 Å². The van der Waals surface area contributed by atoms with Gasteiger partial charge >= 0.3 is 11.9 Å². The van der Waals surface area contributed by atoms with Gasteiger partial charge in [-0.3, -0.25) is 9.59 Å². The second-order valence-corrected chi connectivity index (χ2v) is 4.71. The summed E-state index contributed by atoms with van der Waals surface area (Å²) in [4.78, 5) is 23.2. The van der Waals surface area contributed by atoms with E-state index in [2.05, 4.69) is 9.47 Å². The molecule has 0 fully saturated rings. The third-order valence-electron chi connectivity index (χ3n) is 3.21. The Bertz CT molecular complexity index is 718. The SMILES string of the molecule is CCOC(=O)C(C#N)c1c(F)c(F)c(C(C#N)C(=O)OCC)c(F)c1F. The minimum atomic E-state index is -2.28. The Morgan fingerprint density at radius 2 is 1.08 bits per heavy atom. The van der Waals surface area contributed by atoms with Gasteiger partial charge in [0.2, 0.25) is 0 Å². The maximum absolute atomic E-state index is 14.3. The van der Waals surface area contributed by atoms with Crippen LogP contribution in [0.3, 0.4) is 0 Å². The number of nitriles is 2. The van der Waals surface area contributed by atoms with Crippen LogP contribution < -0.4 is 0 Å². The van der Waals surface area contributed by atoms with E-state index in [1.54, 1.807) is 0 Å². The molecule has 0 N–H and O–H groups in total. The summed E-state index contributed by atoms with van der Waals surface area (Å²) in [7, 11) is 0. The van der Waals surface area contributed by atoms with E-state index in [1.807, 2.05) is 0 Å². The third-order valence-corrected chi connectivity index (χ3v) is 3.21. The molecule has 1 aromatic carbocycles. The number of hydrogen-bond acceptors (Lipinski definition) is 6. The zero-order valence-electron chi connectivity index (χ0n) is 13.6. The molecule has 0 aliphatic carbocycles. The summed E-state index contributed by atoms with van der Waals surface area (Å²) in [5.41, 5.74) is -3.02. The van der Waals surface area contributed by atoms with Crippen molar-refractivity contribution in [3.8, 4) is 12.1 Å². The van der Waals surface area contributed by atoms with Gasteiger partial charge in [-0.1, -0.05) is 0 Å². The van der Waals surface area contributed by atoms with Gasteiger partial charge in [0.25, 0.3) is 0 Å². The van der Waals surface area contributed by atoms with E-state index in [-0.39, 0.29) is 13.2 Å². The van der Waals surface area contributed by atoms with Crippen molar-refractivity contribution in [2.45, 2.75) is 25.7 Å². The van der Waals surface area contributed by atoms with Crippen molar-refractivity contribution in [3.63, 3.8) is 0 Å². The summed E-state index contributed by atoms with van der Waals surface area (Å²) in [5, 5.41) is 17.9. The zero-order valence-corrected chi connectivity index (χ0v) is 13.6. The maximum Gasteiger partial charge on any atom is 0.328 e. The summed E-state index contributed by atoms with van der Waals surface area (Å²) < 4.78 is 66.0. The quantitative estimate of drug-likeness (QED) is 0.432. The van der Waals surface area contributed by atoms with Crippen LogP contribution in [0.2, 0.25) is 0 Å². The smallest absolute Gasteiger partial charge is 0.328 e. The monoisotopic (exact) mass is 372 g/mol. The number of benzene rings is 1. The van der Waals surface area contributed by atoms with Crippen molar-refractivity contribution in [1.82, 2.24) is 0 Å². The van der Waals surface area contributed by atoms with Gasteiger partial charge in [0.15, 0.2) is 35.1 Å². The summed E-state index contributed by atoms with van der Waals surface area (Å²) in [6, 6.07) is 2.40. The fraction of sp³-hybridized carbons (Fsp3) is 0.375. The van der Waals surface area contributed by atoms with Crippen LogP contribution in [-0.2, 0) is 19.1 Å². The van der Waals surface area contributed by atoms with Crippen LogP contribution in [-0.4, -0.2) is 25.2 Å². The predicted octanol–water partition coefficient (Wildman–Crippen LogP) is 2.58. The molecular formula is C16H12F4N2O4. The molecule has 10 heteroatoms. The second-order valence-electron chi connectivity index (χ2n) is 4.71. The van der Waals surface area contributed by atoms with Crippen LogP contribution in [0.5, 0.6) is 0 Å². The van der Waals surface area contributed by atoms with Crippen molar-refractivity contribution in [2.24, 2.45) is 0 Å². The largest absolute Gasteiger partial charge is 0.465 e. The van der Waals surface area contributed by atoms with Gasteiger partial charge in [-0.05, 0) is 13.8 Å². The highest BCUT2D eigenvalue weighted by molar-refractivity contribution is 5.83. The number of ether oxygens (including phenoxy) is 2. The standard InChI is InChI=1S/C16H12F4N2O4/c1-3-25-15(23)7(5-21)9-11(17)13(19)10(14(20)12(9)18)8(6-22)16(24)26-4-2/h7-8H,3-4H2,1-2H3. The first-order chi connectivity index (χ1) is 12.3. The van der Waals surface area contributed by atoms with E-state index >= 15 is 0 Å². The van der Waals surface area contributed by atoms with E-state index < -0.39 is 58.2 Å². The third kappa shape index (κ3) is 3.75. The number of halogens is 4. The number of carbonyl (C=O) groups is 2. The van der Waals surface area contributed by atoms with Gasteiger partial charge in [0.05, 0.1) is 36.5 Å². The van der Waals surface area contributed by atoms with E-state index in [0.717, 1.165) is 0 Å². The molecule has 0 bridgehead atoms. The molecule has 0 aliphatic rings. The first-order valence-electron chi connectivity index (χ1n) is 7.24. The Morgan fingerprint density at radius 3 is 1.27 bits per heavy atom. The fourth-order valence-corrected chi connectivity index (χ4v) is 2.09. The highest BCUT2D eigenvalue weighted by atomic mass is 19.2. The Morgan fingerprint density at radius 1 is 0.808 bits per heavy atom. The van der Waals surface area contributed by atoms with Crippen LogP contribution in [0.4, 0.5) is 17.6 Å². The van der Waals surface area contributed by atoms with Crippen LogP contribution in [0.15, 0.2) is 0 Å². The summed E-state index contributed by atoms with van der Waals surface area (Å²) >= 11 is 0. The number of rotatable bonds is 6. The molecule has 0 saturated carbocycles. The van der Waals surface area contributed by atoms with Crippen molar-refractivity contribution >= 4 is 11.9 Å². The molecule has 0 saturated heterocycles. The first kappa shape index (κ1) is 20.9. The Labute approximate surface area is 145 Å². The predicted molar refractivity (Wildman–Crippen MR) is 76.2 cm³/mol. The lowest BCUT2D eigenvalue weighted by Crippen LogP contribution is -2.23. The minimum Gasteiger partial charge on any atom is -0.465 e. The molecule has 0 aliphatic heterocycles. The fourth-order valence-electron chi connectivity index (χ4n) is 2.09. The summed E-state index contributed by atoms with van der Waals surface area (Å²) in [6.07, 6.45) is 0. The number of esters is 2. The highest BCUT2D eigenvalue weighted by Crippen LogP contribution is 2.34. The lowest BCUT2D eigenvalue weighted by molar-refractivity contribution is -0.144. The number of nitrogens with zero attached hydrogens (tertiary/aromatic N) is 2. The van der Waals surface area contributed by atoms with Gasteiger partial charge in [0.1, 0.15) is 0 Å². The molecular weight excluding hydrogens is 360 g/mol. The molecule has 138 valence electrons. The van der Waals surface area contributed by atoms with Crippen LogP contribution >= 0.6 is 0 Å². The Hall–Kier alpha value is -3.14. The topological polar surface area (TPSA) is 100 Å². The average molecular weight is 372 g/mol. The maximum atomic E-state index is 14.3. The first-order valence-corrected chi connectivity index (χ1v) is 7.24. The van der Waals surface area contributed by atoms with Crippen molar-refractivity contribution in [2.75, 3.05) is 13.2 Å². The van der Waals surface area contributed by atoms with Crippen molar-refractivity contribution in [3.05, 3.63) is 34.4 Å². The molecule has 1 rings (SSSR count). The lowest BCUT2D eigenvalue weighted by Gasteiger charge is -2.16. The number of hydrogen-bond donors (Lipinski definition) is 0. The van der Waals surface area contributed by atoms with Gasteiger partial charge in [-0.2, -0.15) is 10.5 Å². The van der Waals surface area contributed by atoms with Crippen molar-refractivity contribution < 1.29 is 36.6 Å². The van der Waals surface area contributed by atoms with Crippen molar-refractivity contribution in [1.29, 1.82) is 10.5 Å². The lowest BCUT2D eigenvalue weighted by atomic mass is 9.92. The molecule has 1 aromatic rings. The molecule has 2 unspecified atom stereocenters. The van der Waals surface area contributed by atoms with Gasteiger partial charge in [-0.25, -0.2) is 17.6 Å². The Balaban J connectivity index is 3.66. The minimum absolute atomic E-state index is 0.247. The highest BCUT2D eigenvalue weighted by Gasteiger charge is 2.38. The van der Waals surface area contributed by atoms with E-state index in [1.165, 1.54) is 26.0 Å². The van der Waals surface area contributed by atoms with Gasteiger partial charge in [0, 0.05) is 0 Å². The Kier molecular flexibility index (Phi) is 7.08. The molecule has 0 heterocycles. The molecule has 0 radical (unpaired) electrons. The van der Waals surface area contributed by atoms with E-state index in [4.69, 9.17) is 10.5 Å². The van der Waals surface area contributed by atoms with Crippen LogP contribution in [0.25, 0.3) is 0 Å². The zero-order chi connectivity index (χ0) is 20.0. The van der Waals surface area contributed by atoms with E-state index in [0.29, 0.717) is 0 Å².